The summed E-state index contributed by atoms with van der Waals surface area (Å²) in [7, 11) is 0. The van der Waals surface area contributed by atoms with Crippen LogP contribution in [0.25, 0.3) is 28.2 Å². The van der Waals surface area contributed by atoms with Gasteiger partial charge in [0.25, 0.3) is 0 Å². The molecule has 4 nitrogen and oxygen atoms in total. The summed E-state index contributed by atoms with van der Waals surface area (Å²) < 4.78 is 5.40. The number of carbonyl (C=O) groups is 1. The van der Waals surface area contributed by atoms with Crippen molar-refractivity contribution in [3.05, 3.63) is 107 Å². The molecule has 4 rings (SSSR count). The predicted octanol–water partition coefficient (Wildman–Crippen LogP) is 5.11. The smallest absolute Gasteiger partial charge is 0.344 e. The van der Waals surface area contributed by atoms with E-state index in [1.165, 1.54) is 6.08 Å². The Hall–Kier alpha value is -3.92. The average molecular weight is 367 g/mol. The van der Waals surface area contributed by atoms with E-state index >= 15 is 0 Å². The molecule has 1 heterocycles. The standard InChI is InChI=1S/C24H17NO3/c26-23(14-13-17-7-2-1-3-8-17)25-20-11-6-10-18(15-20)21-16-19-9-4-5-12-22(19)28-24(21)27/h1-16H,(H,25,26)/b14-13-. The minimum absolute atomic E-state index is 0.244. The van der Waals surface area contributed by atoms with Crippen LogP contribution < -0.4 is 10.9 Å². The van der Waals surface area contributed by atoms with Gasteiger partial charge >= 0.3 is 5.63 Å². The fraction of sp³-hybridized carbons (Fsp3) is 0. The van der Waals surface area contributed by atoms with E-state index in [2.05, 4.69) is 5.32 Å². The number of amides is 1. The van der Waals surface area contributed by atoms with Crippen molar-refractivity contribution >= 4 is 28.6 Å². The maximum atomic E-state index is 12.4. The molecule has 4 aromatic rings. The van der Waals surface area contributed by atoms with Gasteiger partial charge in [-0.05, 0) is 41.5 Å². The van der Waals surface area contributed by atoms with Crippen molar-refractivity contribution in [3.8, 4) is 11.1 Å². The van der Waals surface area contributed by atoms with Crippen LogP contribution in [0.4, 0.5) is 5.69 Å². The Labute approximate surface area is 161 Å². The highest BCUT2D eigenvalue weighted by Crippen LogP contribution is 2.23. The minimum atomic E-state index is -0.411. The predicted molar refractivity (Wildman–Crippen MR) is 112 cm³/mol. The Morgan fingerprint density at radius 3 is 2.50 bits per heavy atom. The summed E-state index contributed by atoms with van der Waals surface area (Å²) in [6, 6.07) is 25.9. The third-order valence-corrected chi connectivity index (χ3v) is 4.31. The van der Waals surface area contributed by atoms with Gasteiger partial charge in [0, 0.05) is 17.1 Å². The molecule has 1 N–H and O–H groups in total. The van der Waals surface area contributed by atoms with Gasteiger partial charge < -0.3 is 9.73 Å². The zero-order valence-electron chi connectivity index (χ0n) is 15.0. The quantitative estimate of drug-likeness (QED) is 0.403. The third kappa shape index (κ3) is 3.91. The molecule has 0 bridgehead atoms. The van der Waals surface area contributed by atoms with Gasteiger partial charge in [0.1, 0.15) is 5.58 Å². The first-order valence-electron chi connectivity index (χ1n) is 8.86. The van der Waals surface area contributed by atoms with Crippen LogP contribution in [0.15, 0.2) is 100 Å². The topological polar surface area (TPSA) is 59.3 Å². The Bertz CT molecular complexity index is 1220. The number of benzene rings is 3. The number of carbonyl (C=O) groups excluding carboxylic acids is 1. The van der Waals surface area contributed by atoms with Gasteiger partial charge in [-0.3, -0.25) is 4.79 Å². The highest BCUT2D eigenvalue weighted by atomic mass is 16.4. The number of nitrogens with one attached hydrogen (secondary N) is 1. The lowest BCUT2D eigenvalue weighted by Crippen LogP contribution is -2.08. The normalized spacial score (nSPS) is 11.0. The monoisotopic (exact) mass is 367 g/mol. The first kappa shape index (κ1) is 17.5. The highest BCUT2D eigenvalue weighted by Gasteiger charge is 2.09. The van der Waals surface area contributed by atoms with E-state index in [1.54, 1.807) is 36.4 Å². The molecule has 28 heavy (non-hydrogen) atoms. The number of hydrogen-bond acceptors (Lipinski definition) is 3. The lowest BCUT2D eigenvalue weighted by atomic mass is 10.1. The van der Waals surface area contributed by atoms with Crippen LogP contribution >= 0.6 is 0 Å². The maximum Gasteiger partial charge on any atom is 0.344 e. The van der Waals surface area contributed by atoms with Crippen LogP contribution in [0.3, 0.4) is 0 Å². The van der Waals surface area contributed by atoms with Gasteiger partial charge in [0.05, 0.1) is 5.56 Å². The Morgan fingerprint density at radius 1 is 0.857 bits per heavy atom. The van der Waals surface area contributed by atoms with Crippen LogP contribution in [0, 0.1) is 0 Å². The molecule has 1 aromatic heterocycles. The summed E-state index contributed by atoms with van der Waals surface area (Å²) in [6.45, 7) is 0. The Morgan fingerprint density at radius 2 is 1.64 bits per heavy atom. The maximum absolute atomic E-state index is 12.4. The van der Waals surface area contributed by atoms with Crippen LogP contribution in [-0.2, 0) is 4.79 Å². The Kier molecular flexibility index (Phi) is 4.85. The first-order chi connectivity index (χ1) is 13.7. The van der Waals surface area contributed by atoms with Crippen LogP contribution in [0.5, 0.6) is 0 Å². The molecule has 4 heteroatoms. The second-order valence-corrected chi connectivity index (χ2v) is 6.30. The Balaban J connectivity index is 1.58. The molecule has 0 saturated heterocycles. The lowest BCUT2D eigenvalue weighted by molar-refractivity contribution is -0.111. The molecule has 0 atom stereocenters. The van der Waals surface area contributed by atoms with Crippen molar-refractivity contribution in [2.75, 3.05) is 5.32 Å². The molecule has 0 unspecified atom stereocenters. The van der Waals surface area contributed by atoms with Crippen LogP contribution in [0.2, 0.25) is 0 Å². The second kappa shape index (κ2) is 7.76. The van der Waals surface area contributed by atoms with E-state index in [-0.39, 0.29) is 5.91 Å². The molecule has 0 radical (unpaired) electrons. The SMILES string of the molecule is O=C(/C=C\c1ccccc1)Nc1cccc(-c2cc3ccccc3oc2=O)c1. The van der Waals surface area contributed by atoms with Crippen molar-refractivity contribution in [2.24, 2.45) is 0 Å². The molecule has 0 aliphatic carbocycles. The average Bonchev–Trinajstić information content (AvgIpc) is 2.73. The molecule has 136 valence electrons. The largest absolute Gasteiger partial charge is 0.422 e. The molecule has 1 amide bonds. The van der Waals surface area contributed by atoms with Crippen molar-refractivity contribution in [1.82, 2.24) is 0 Å². The van der Waals surface area contributed by atoms with Gasteiger partial charge in [-0.15, -0.1) is 0 Å². The summed E-state index contributed by atoms with van der Waals surface area (Å²) in [4.78, 5) is 24.6. The van der Waals surface area contributed by atoms with Gasteiger partial charge in [0.15, 0.2) is 0 Å². The summed E-state index contributed by atoms with van der Waals surface area (Å²) in [5, 5.41) is 3.67. The van der Waals surface area contributed by atoms with Gasteiger partial charge in [-0.1, -0.05) is 60.7 Å². The summed E-state index contributed by atoms with van der Waals surface area (Å²) in [5.74, 6) is -0.244. The van der Waals surface area contributed by atoms with Crippen molar-refractivity contribution in [2.45, 2.75) is 0 Å². The van der Waals surface area contributed by atoms with Gasteiger partial charge in [-0.2, -0.15) is 0 Å². The van der Waals surface area contributed by atoms with E-state index in [1.807, 2.05) is 54.6 Å². The third-order valence-electron chi connectivity index (χ3n) is 4.31. The summed E-state index contributed by atoms with van der Waals surface area (Å²) in [5.41, 5.74) is 2.82. The molecule has 0 spiro atoms. The zero-order chi connectivity index (χ0) is 19.3. The fourth-order valence-corrected chi connectivity index (χ4v) is 2.95. The van der Waals surface area contributed by atoms with Gasteiger partial charge in [0.2, 0.25) is 5.91 Å². The molecule has 0 aliphatic heterocycles. The lowest BCUT2D eigenvalue weighted by Gasteiger charge is -2.06. The second-order valence-electron chi connectivity index (χ2n) is 6.30. The van der Waals surface area contributed by atoms with Crippen LogP contribution in [0.1, 0.15) is 5.56 Å². The van der Waals surface area contributed by atoms with E-state index in [0.717, 1.165) is 10.9 Å². The first-order valence-corrected chi connectivity index (χ1v) is 8.86. The van der Waals surface area contributed by atoms with Crippen molar-refractivity contribution in [1.29, 1.82) is 0 Å². The van der Waals surface area contributed by atoms with Gasteiger partial charge in [-0.25, -0.2) is 4.79 Å². The molecule has 0 fully saturated rings. The number of anilines is 1. The molecular weight excluding hydrogens is 350 g/mol. The number of para-hydroxylation sites is 1. The number of hydrogen-bond donors (Lipinski definition) is 1. The zero-order valence-corrected chi connectivity index (χ0v) is 15.0. The summed E-state index contributed by atoms with van der Waals surface area (Å²) in [6.07, 6.45) is 3.23. The van der Waals surface area contributed by atoms with Crippen molar-refractivity contribution < 1.29 is 9.21 Å². The molecule has 0 aliphatic rings. The van der Waals surface area contributed by atoms with E-state index in [4.69, 9.17) is 4.42 Å². The number of rotatable bonds is 4. The van der Waals surface area contributed by atoms with E-state index in [9.17, 15) is 9.59 Å². The molecule has 0 saturated carbocycles. The van der Waals surface area contributed by atoms with Crippen molar-refractivity contribution in [3.63, 3.8) is 0 Å². The van der Waals surface area contributed by atoms with Crippen LogP contribution in [-0.4, -0.2) is 5.91 Å². The fourth-order valence-electron chi connectivity index (χ4n) is 2.95. The minimum Gasteiger partial charge on any atom is -0.422 e. The van der Waals surface area contributed by atoms with E-state index < -0.39 is 5.63 Å². The summed E-state index contributed by atoms with van der Waals surface area (Å²) >= 11 is 0. The number of fused-ring (bicyclic) bond motifs is 1. The molecule has 3 aromatic carbocycles. The van der Waals surface area contributed by atoms with E-state index in [0.29, 0.717) is 22.4 Å². The highest BCUT2D eigenvalue weighted by molar-refractivity contribution is 6.02. The molecular formula is C24H17NO3.